The van der Waals surface area contributed by atoms with E-state index in [1.54, 1.807) is 14.1 Å². The summed E-state index contributed by atoms with van der Waals surface area (Å²) in [6, 6.07) is 2.96. The molecule has 0 aliphatic heterocycles. The monoisotopic (exact) mass is 605 g/mol. The smallest absolute Gasteiger partial charge is 0.275 e. The minimum absolute atomic E-state index is 0.0238. The molecule has 1 aliphatic carbocycles. The van der Waals surface area contributed by atoms with E-state index >= 15 is 0 Å². The molecule has 0 spiro atoms. The lowest BCUT2D eigenvalue weighted by molar-refractivity contribution is -0.127. The maximum absolute atomic E-state index is 13.9. The van der Waals surface area contributed by atoms with Crippen LogP contribution < -0.4 is 16.1 Å². The highest BCUT2D eigenvalue weighted by atomic mass is 32.2. The molecular weight excluding hydrogens is 568 g/mol. The number of carbonyl (C=O) groups is 2. The Morgan fingerprint density at radius 2 is 1.86 bits per heavy atom. The van der Waals surface area contributed by atoms with Crippen molar-refractivity contribution >= 4 is 33.7 Å². The van der Waals surface area contributed by atoms with Crippen molar-refractivity contribution in [3.05, 3.63) is 63.1 Å². The Balaban J connectivity index is 1.68. The van der Waals surface area contributed by atoms with E-state index < -0.39 is 34.4 Å². The molecule has 1 heterocycles. The molecule has 0 unspecified atom stereocenters. The number of carbonyl (C=O) groups excluding carboxylic acids is 2. The molecule has 2 amide bonds. The number of nitrogens with zero attached hydrogens (tertiary/aromatic N) is 2. The van der Waals surface area contributed by atoms with E-state index in [0.717, 1.165) is 18.8 Å². The van der Waals surface area contributed by atoms with Crippen molar-refractivity contribution in [3.8, 4) is 5.75 Å². The minimum Gasteiger partial charge on any atom is -0.503 e. The highest BCUT2D eigenvalue weighted by molar-refractivity contribution is 8.26. The maximum Gasteiger partial charge on any atom is 0.275 e. The quantitative estimate of drug-likeness (QED) is 0.138. The number of hydrogen-bond acceptors (Lipinski definition) is 9. The molecule has 1 aromatic carbocycles. The van der Waals surface area contributed by atoms with Crippen LogP contribution in [0.4, 0.5) is 8.78 Å². The number of aromatic hydroxyl groups is 1. The summed E-state index contributed by atoms with van der Waals surface area (Å²) in [5.74, 6) is -3.32. The number of thioether (sulfide) groups is 1. The van der Waals surface area contributed by atoms with Crippen molar-refractivity contribution < 1.29 is 23.5 Å². The summed E-state index contributed by atoms with van der Waals surface area (Å²) in [4.78, 5) is 45.0. The highest BCUT2D eigenvalue weighted by Crippen LogP contribution is 2.35. The fourth-order valence-corrected chi connectivity index (χ4v) is 5.66. The van der Waals surface area contributed by atoms with Gasteiger partial charge in [0.2, 0.25) is 11.3 Å². The van der Waals surface area contributed by atoms with Gasteiger partial charge in [-0.15, -0.1) is 0 Å². The van der Waals surface area contributed by atoms with Crippen LogP contribution >= 0.6 is 11.8 Å². The van der Waals surface area contributed by atoms with Gasteiger partial charge in [0.25, 0.3) is 5.91 Å². The summed E-state index contributed by atoms with van der Waals surface area (Å²) in [5, 5.41) is 32.6. The first kappa shape index (κ1) is 32.9. The van der Waals surface area contributed by atoms with Crippen LogP contribution in [-0.2, 0) is 11.2 Å². The van der Waals surface area contributed by atoms with Gasteiger partial charge in [-0.2, -0.15) is 0 Å². The van der Waals surface area contributed by atoms with E-state index in [-0.39, 0.29) is 45.2 Å². The van der Waals surface area contributed by atoms with Crippen LogP contribution in [-0.4, -0.2) is 88.7 Å². The Labute approximate surface area is 247 Å². The molecule has 1 saturated carbocycles. The normalized spacial score (nSPS) is 18.5. The number of hydrogen-bond donors (Lipinski definition) is 6. The van der Waals surface area contributed by atoms with Crippen molar-refractivity contribution in [3.63, 3.8) is 0 Å². The van der Waals surface area contributed by atoms with Gasteiger partial charge in [0, 0.05) is 44.7 Å². The number of H-pyrrole nitrogens is 1. The summed E-state index contributed by atoms with van der Waals surface area (Å²) in [6.45, 7) is 1.28. The molecule has 14 heteroatoms. The minimum atomic E-state index is -0.972. The molecule has 1 fully saturated rings. The standard InChI is InChI=1S/C28H37F2N7O4S/c1-33-28(9-7-16(8-10-28)26(40)34-11-12-36(2)3)37(4)27(41)22-24(39)23(38)19(15-35-22)25(32)42-21(31)13-17-5-6-18(29)14-20(17)30/h5-6,14-16,31-33,39H,7-13H2,1-4H3,(H,34,40)(H,35,38). The number of amides is 2. The van der Waals surface area contributed by atoms with E-state index in [4.69, 9.17) is 10.8 Å². The molecule has 42 heavy (non-hydrogen) atoms. The first-order chi connectivity index (χ1) is 19.8. The molecular formula is C28H37F2N7O4S. The van der Waals surface area contributed by atoms with Gasteiger partial charge in [0.1, 0.15) is 16.7 Å². The van der Waals surface area contributed by atoms with Crippen molar-refractivity contribution in [1.29, 1.82) is 10.8 Å². The molecule has 6 N–H and O–H groups in total. The Morgan fingerprint density at radius 1 is 1.19 bits per heavy atom. The second-order valence-electron chi connectivity index (χ2n) is 10.5. The van der Waals surface area contributed by atoms with Crippen LogP contribution in [0.1, 0.15) is 47.3 Å². The lowest BCUT2D eigenvalue weighted by atomic mass is 9.80. The van der Waals surface area contributed by atoms with Crippen LogP contribution in [0.3, 0.4) is 0 Å². The van der Waals surface area contributed by atoms with E-state index in [2.05, 4.69) is 15.6 Å². The Morgan fingerprint density at radius 3 is 2.45 bits per heavy atom. The van der Waals surface area contributed by atoms with Gasteiger partial charge in [-0.1, -0.05) is 17.8 Å². The predicted octanol–water partition coefficient (Wildman–Crippen LogP) is 2.49. The molecule has 1 aromatic heterocycles. The fourth-order valence-electron chi connectivity index (χ4n) is 4.92. The number of rotatable bonds is 10. The van der Waals surface area contributed by atoms with E-state index in [9.17, 15) is 28.3 Å². The van der Waals surface area contributed by atoms with Crippen LogP contribution in [0.15, 0.2) is 29.2 Å². The van der Waals surface area contributed by atoms with Gasteiger partial charge < -0.3 is 25.2 Å². The molecule has 0 saturated heterocycles. The maximum atomic E-state index is 13.9. The van der Waals surface area contributed by atoms with Crippen molar-refractivity contribution in [1.82, 2.24) is 25.4 Å². The molecule has 228 valence electrons. The number of halogens is 2. The highest BCUT2D eigenvalue weighted by Gasteiger charge is 2.42. The van der Waals surface area contributed by atoms with Crippen molar-refractivity contribution in [2.45, 2.75) is 37.8 Å². The number of aromatic amines is 1. The van der Waals surface area contributed by atoms with Crippen LogP contribution in [0, 0.1) is 28.4 Å². The van der Waals surface area contributed by atoms with Gasteiger partial charge in [0.15, 0.2) is 11.4 Å². The number of pyridine rings is 1. The fraction of sp³-hybridized carbons (Fsp3) is 0.464. The Kier molecular flexibility index (Phi) is 11.0. The van der Waals surface area contributed by atoms with E-state index in [1.807, 2.05) is 19.0 Å². The zero-order chi connectivity index (χ0) is 31.2. The van der Waals surface area contributed by atoms with Crippen molar-refractivity contribution in [2.24, 2.45) is 5.92 Å². The summed E-state index contributed by atoms with van der Waals surface area (Å²) >= 11 is 0.573. The third-order valence-electron chi connectivity index (χ3n) is 7.56. The van der Waals surface area contributed by atoms with Crippen LogP contribution in [0.5, 0.6) is 5.75 Å². The molecule has 3 rings (SSSR count). The molecule has 0 atom stereocenters. The number of benzene rings is 1. The Hall–Kier alpha value is -3.62. The number of aromatic nitrogens is 1. The van der Waals surface area contributed by atoms with Gasteiger partial charge in [0.05, 0.1) is 16.3 Å². The Bertz CT molecular complexity index is 1410. The third-order valence-corrected chi connectivity index (χ3v) is 8.38. The molecule has 1 aliphatic rings. The second kappa shape index (κ2) is 14.0. The SMILES string of the molecule is CNC1(N(C)C(=O)c2[nH]cc(C(=N)SC(=N)Cc3ccc(F)cc3F)c(=O)c2O)CCC(C(=O)NCCN(C)C)CC1. The summed E-state index contributed by atoms with van der Waals surface area (Å²) in [5.41, 5.74) is -2.36. The van der Waals surface area contributed by atoms with Gasteiger partial charge in [-0.25, -0.2) is 8.78 Å². The lowest BCUT2D eigenvalue weighted by Crippen LogP contribution is -2.60. The van der Waals surface area contributed by atoms with Gasteiger partial charge in [-0.05, 0) is 58.5 Å². The van der Waals surface area contributed by atoms with Crippen molar-refractivity contribution in [2.75, 3.05) is 41.3 Å². The second-order valence-corrected chi connectivity index (χ2v) is 11.6. The third kappa shape index (κ3) is 7.61. The average molecular weight is 606 g/mol. The zero-order valence-electron chi connectivity index (χ0n) is 24.1. The zero-order valence-corrected chi connectivity index (χ0v) is 24.9. The van der Waals surface area contributed by atoms with Gasteiger partial charge >= 0.3 is 0 Å². The topological polar surface area (TPSA) is 165 Å². The first-order valence-electron chi connectivity index (χ1n) is 13.4. The summed E-state index contributed by atoms with van der Waals surface area (Å²) < 4.78 is 27.1. The summed E-state index contributed by atoms with van der Waals surface area (Å²) in [7, 11) is 7.11. The molecule has 11 nitrogen and oxygen atoms in total. The van der Waals surface area contributed by atoms with Gasteiger partial charge in [-0.3, -0.25) is 30.5 Å². The molecule has 0 radical (unpaired) electrons. The lowest BCUT2D eigenvalue weighted by Gasteiger charge is -2.46. The number of likely N-dealkylation sites (N-methyl/N-ethyl adjacent to an activating group) is 1. The largest absolute Gasteiger partial charge is 0.503 e. The van der Waals surface area contributed by atoms with Crippen LogP contribution in [0.2, 0.25) is 0 Å². The summed E-state index contributed by atoms with van der Waals surface area (Å²) in [6.07, 6.45) is 2.91. The molecule has 2 aromatic rings. The van der Waals surface area contributed by atoms with Crippen LogP contribution in [0.25, 0.3) is 0 Å². The van der Waals surface area contributed by atoms with E-state index in [1.165, 1.54) is 11.0 Å². The molecule has 0 bridgehead atoms. The number of nitrogens with one attached hydrogen (secondary N) is 5. The first-order valence-corrected chi connectivity index (χ1v) is 14.2. The average Bonchev–Trinajstić information content (AvgIpc) is 2.94. The predicted molar refractivity (Wildman–Crippen MR) is 158 cm³/mol. The van der Waals surface area contributed by atoms with E-state index in [0.29, 0.717) is 50.1 Å².